The molecule has 1 rings (SSSR count). The highest BCUT2D eigenvalue weighted by Gasteiger charge is 2.16. The van der Waals surface area contributed by atoms with Crippen molar-refractivity contribution >= 4 is 0 Å². The number of ether oxygens (including phenoxy) is 2. The normalized spacial score (nSPS) is 12.8. The van der Waals surface area contributed by atoms with Crippen molar-refractivity contribution in [2.24, 2.45) is 0 Å². The van der Waals surface area contributed by atoms with Crippen LogP contribution < -0.4 is 5.32 Å². The van der Waals surface area contributed by atoms with Crippen molar-refractivity contribution in [1.29, 1.82) is 0 Å². The summed E-state index contributed by atoms with van der Waals surface area (Å²) in [6.45, 7) is 12.4. The van der Waals surface area contributed by atoms with Gasteiger partial charge in [-0.15, -0.1) is 0 Å². The maximum atomic E-state index is 5.51. The number of nitrogens with zero attached hydrogens (tertiary/aromatic N) is 2. The molecule has 0 amide bonds. The Morgan fingerprint density at radius 2 is 2.00 bits per heavy atom. The lowest BCUT2D eigenvalue weighted by Crippen LogP contribution is -2.20. The lowest BCUT2D eigenvalue weighted by molar-refractivity contribution is 0.0651. The molecular formula is C15H29N3O2. The third-order valence-electron chi connectivity index (χ3n) is 3.45. The van der Waals surface area contributed by atoms with E-state index in [-0.39, 0.29) is 0 Å². The van der Waals surface area contributed by atoms with Gasteiger partial charge in [0.1, 0.15) is 0 Å². The molecule has 1 N–H and O–H groups in total. The van der Waals surface area contributed by atoms with E-state index in [2.05, 4.69) is 38.1 Å². The molecular weight excluding hydrogens is 254 g/mol. The van der Waals surface area contributed by atoms with Gasteiger partial charge in [-0.05, 0) is 33.7 Å². The van der Waals surface area contributed by atoms with Gasteiger partial charge >= 0.3 is 0 Å². The van der Waals surface area contributed by atoms with Crippen LogP contribution in [0.15, 0.2) is 0 Å². The van der Waals surface area contributed by atoms with E-state index in [0.29, 0.717) is 25.9 Å². The molecule has 0 saturated heterocycles. The predicted octanol–water partition coefficient (Wildman–Crippen LogP) is 2.22. The van der Waals surface area contributed by atoms with Crippen LogP contribution in [0.5, 0.6) is 0 Å². The highest BCUT2D eigenvalue weighted by atomic mass is 16.5. The first-order valence-corrected chi connectivity index (χ1v) is 7.45. The Bertz CT molecular complexity index is 391. The quantitative estimate of drug-likeness (QED) is 0.669. The standard InChI is InChI=1S/C15H29N3O2/c1-6-7-16-12(2)15-13(3)17-18(14(15)4)8-9-20-11-10-19-5/h12,16H,6-11H2,1-5H3. The van der Waals surface area contributed by atoms with Gasteiger partial charge in [-0.3, -0.25) is 4.68 Å². The summed E-state index contributed by atoms with van der Waals surface area (Å²) in [6.07, 6.45) is 1.14. The zero-order valence-corrected chi connectivity index (χ0v) is 13.5. The average Bonchev–Trinajstić information content (AvgIpc) is 2.71. The van der Waals surface area contributed by atoms with Gasteiger partial charge in [-0.25, -0.2) is 0 Å². The van der Waals surface area contributed by atoms with E-state index in [4.69, 9.17) is 9.47 Å². The second-order valence-electron chi connectivity index (χ2n) is 5.09. The number of methoxy groups -OCH3 is 1. The molecule has 20 heavy (non-hydrogen) atoms. The van der Waals surface area contributed by atoms with Crippen molar-refractivity contribution in [3.8, 4) is 0 Å². The minimum Gasteiger partial charge on any atom is -0.382 e. The van der Waals surface area contributed by atoms with E-state index in [0.717, 1.165) is 25.2 Å². The van der Waals surface area contributed by atoms with E-state index in [1.54, 1.807) is 7.11 Å². The van der Waals surface area contributed by atoms with Crippen LogP contribution in [0.1, 0.15) is 43.3 Å². The van der Waals surface area contributed by atoms with Gasteiger partial charge in [-0.2, -0.15) is 5.10 Å². The molecule has 0 aliphatic rings. The molecule has 0 aliphatic heterocycles. The summed E-state index contributed by atoms with van der Waals surface area (Å²) in [7, 11) is 1.68. The van der Waals surface area contributed by atoms with E-state index in [1.165, 1.54) is 11.3 Å². The van der Waals surface area contributed by atoms with Gasteiger partial charge in [0.15, 0.2) is 0 Å². The lowest BCUT2D eigenvalue weighted by atomic mass is 10.1. The minimum atomic E-state index is 0.345. The van der Waals surface area contributed by atoms with Gasteiger partial charge < -0.3 is 14.8 Å². The van der Waals surface area contributed by atoms with Crippen molar-refractivity contribution < 1.29 is 9.47 Å². The van der Waals surface area contributed by atoms with Crippen molar-refractivity contribution in [2.45, 2.75) is 46.7 Å². The first-order valence-electron chi connectivity index (χ1n) is 7.45. The third kappa shape index (κ3) is 4.89. The lowest BCUT2D eigenvalue weighted by Gasteiger charge is -2.14. The fourth-order valence-corrected chi connectivity index (χ4v) is 2.41. The second-order valence-corrected chi connectivity index (χ2v) is 5.09. The van der Waals surface area contributed by atoms with E-state index < -0.39 is 0 Å². The van der Waals surface area contributed by atoms with Crippen LogP contribution in [0.3, 0.4) is 0 Å². The van der Waals surface area contributed by atoms with Crippen LogP contribution in [0.4, 0.5) is 0 Å². The molecule has 0 fully saturated rings. The number of rotatable bonds is 10. The number of hydrogen-bond acceptors (Lipinski definition) is 4. The van der Waals surface area contributed by atoms with Crippen LogP contribution in [0.25, 0.3) is 0 Å². The molecule has 0 spiro atoms. The molecule has 0 saturated carbocycles. The second kappa shape index (κ2) is 9.10. The fraction of sp³-hybridized carbons (Fsp3) is 0.800. The molecule has 1 atom stereocenters. The Hall–Kier alpha value is -0.910. The van der Waals surface area contributed by atoms with Crippen molar-refractivity contribution in [3.63, 3.8) is 0 Å². The van der Waals surface area contributed by atoms with Crippen LogP contribution >= 0.6 is 0 Å². The van der Waals surface area contributed by atoms with Gasteiger partial charge in [-0.1, -0.05) is 6.92 Å². The van der Waals surface area contributed by atoms with Crippen molar-refractivity contribution in [2.75, 3.05) is 33.5 Å². The van der Waals surface area contributed by atoms with Crippen LogP contribution in [0, 0.1) is 13.8 Å². The Morgan fingerprint density at radius 3 is 2.65 bits per heavy atom. The van der Waals surface area contributed by atoms with Crippen LogP contribution in [0.2, 0.25) is 0 Å². The smallest absolute Gasteiger partial charge is 0.0701 e. The zero-order valence-electron chi connectivity index (χ0n) is 13.5. The number of hydrogen-bond donors (Lipinski definition) is 1. The van der Waals surface area contributed by atoms with Crippen LogP contribution in [-0.2, 0) is 16.0 Å². The van der Waals surface area contributed by atoms with E-state index in [9.17, 15) is 0 Å². The molecule has 1 unspecified atom stereocenters. The highest BCUT2D eigenvalue weighted by molar-refractivity contribution is 5.27. The van der Waals surface area contributed by atoms with Gasteiger partial charge in [0.25, 0.3) is 0 Å². The number of aromatic nitrogens is 2. The zero-order chi connectivity index (χ0) is 15.0. The summed E-state index contributed by atoms with van der Waals surface area (Å²) < 4.78 is 12.5. The fourth-order valence-electron chi connectivity index (χ4n) is 2.41. The van der Waals surface area contributed by atoms with Crippen LogP contribution in [-0.4, -0.2) is 43.3 Å². The Morgan fingerprint density at radius 1 is 1.25 bits per heavy atom. The van der Waals surface area contributed by atoms with E-state index >= 15 is 0 Å². The summed E-state index contributed by atoms with van der Waals surface area (Å²) in [5.74, 6) is 0. The van der Waals surface area contributed by atoms with Gasteiger partial charge in [0, 0.05) is 24.4 Å². The summed E-state index contributed by atoms with van der Waals surface area (Å²) in [5, 5.41) is 8.15. The molecule has 0 radical (unpaired) electrons. The maximum Gasteiger partial charge on any atom is 0.0701 e. The first kappa shape index (κ1) is 17.1. The molecule has 5 nitrogen and oxygen atoms in total. The topological polar surface area (TPSA) is 48.3 Å². The molecule has 116 valence electrons. The predicted molar refractivity (Wildman–Crippen MR) is 81.1 cm³/mol. The molecule has 5 heteroatoms. The van der Waals surface area contributed by atoms with E-state index in [1.807, 2.05) is 4.68 Å². The SMILES string of the molecule is CCCNC(C)c1c(C)nn(CCOCCOC)c1C. The first-order chi connectivity index (χ1) is 9.61. The largest absolute Gasteiger partial charge is 0.382 e. The molecule has 1 heterocycles. The summed E-state index contributed by atoms with van der Waals surface area (Å²) in [4.78, 5) is 0. The summed E-state index contributed by atoms with van der Waals surface area (Å²) in [6, 6.07) is 0.345. The molecule has 0 aliphatic carbocycles. The molecule has 1 aromatic heterocycles. The summed E-state index contributed by atoms with van der Waals surface area (Å²) in [5.41, 5.74) is 3.65. The van der Waals surface area contributed by atoms with Crippen molar-refractivity contribution in [1.82, 2.24) is 15.1 Å². The van der Waals surface area contributed by atoms with Gasteiger partial charge in [0.05, 0.1) is 32.1 Å². The number of aryl methyl sites for hydroxylation is 1. The number of nitrogens with one attached hydrogen (secondary N) is 1. The average molecular weight is 283 g/mol. The molecule has 1 aromatic rings. The van der Waals surface area contributed by atoms with Crippen molar-refractivity contribution in [3.05, 3.63) is 17.0 Å². The monoisotopic (exact) mass is 283 g/mol. The molecule has 0 bridgehead atoms. The Labute approximate surface area is 122 Å². The highest BCUT2D eigenvalue weighted by Crippen LogP contribution is 2.21. The minimum absolute atomic E-state index is 0.345. The summed E-state index contributed by atoms with van der Waals surface area (Å²) >= 11 is 0. The Balaban J connectivity index is 2.57. The maximum absolute atomic E-state index is 5.51. The molecule has 0 aromatic carbocycles. The third-order valence-corrected chi connectivity index (χ3v) is 3.45. The Kier molecular flexibility index (Phi) is 7.80. The van der Waals surface area contributed by atoms with Gasteiger partial charge in [0.2, 0.25) is 0 Å².